The van der Waals surface area contributed by atoms with Gasteiger partial charge in [-0.3, -0.25) is 9.59 Å². The number of aryl methyl sites for hydroxylation is 1. The first-order valence-electron chi connectivity index (χ1n) is 9.81. The molecule has 158 valence electrons. The third-order valence-corrected chi connectivity index (χ3v) is 4.66. The first-order valence-corrected chi connectivity index (χ1v) is 10.2. The van der Waals surface area contributed by atoms with Gasteiger partial charge in [-0.2, -0.15) is 0 Å². The maximum absolute atomic E-state index is 12.0. The van der Waals surface area contributed by atoms with E-state index in [2.05, 4.69) is 10.3 Å². The summed E-state index contributed by atoms with van der Waals surface area (Å²) in [5.74, 6) is 0.873. The largest absolute Gasteiger partial charge is 0.484 e. The van der Waals surface area contributed by atoms with Crippen molar-refractivity contribution in [2.24, 2.45) is 0 Å². The van der Waals surface area contributed by atoms with Gasteiger partial charge in [-0.25, -0.2) is 4.98 Å². The molecule has 7 nitrogen and oxygen atoms in total. The van der Waals surface area contributed by atoms with Crippen LogP contribution in [0.3, 0.4) is 0 Å². The molecule has 3 rings (SSSR count). The van der Waals surface area contributed by atoms with Crippen molar-refractivity contribution in [2.45, 2.75) is 26.3 Å². The number of hydrogen-bond donors (Lipinski definition) is 1. The van der Waals surface area contributed by atoms with Gasteiger partial charge in [0.25, 0.3) is 5.91 Å². The van der Waals surface area contributed by atoms with E-state index in [1.807, 2.05) is 28.8 Å². The van der Waals surface area contributed by atoms with Gasteiger partial charge in [-0.15, -0.1) is 0 Å². The van der Waals surface area contributed by atoms with Gasteiger partial charge in [-0.05, 0) is 49.7 Å². The number of halogens is 1. The molecule has 0 fully saturated rings. The maximum atomic E-state index is 12.0. The first kappa shape index (κ1) is 21.6. The second-order valence-corrected chi connectivity index (χ2v) is 7.04. The van der Waals surface area contributed by atoms with Crippen molar-refractivity contribution in [1.29, 1.82) is 0 Å². The predicted octanol–water partition coefficient (Wildman–Crippen LogP) is 3.38. The van der Waals surface area contributed by atoms with E-state index in [-0.39, 0.29) is 25.0 Å². The lowest BCUT2D eigenvalue weighted by molar-refractivity contribution is -0.143. The van der Waals surface area contributed by atoms with Gasteiger partial charge in [0.15, 0.2) is 6.61 Å². The predicted molar refractivity (Wildman–Crippen MR) is 115 cm³/mol. The van der Waals surface area contributed by atoms with Crippen LogP contribution >= 0.6 is 11.6 Å². The molecule has 0 radical (unpaired) electrons. The Morgan fingerprint density at radius 2 is 1.90 bits per heavy atom. The Balaban J connectivity index is 1.50. The van der Waals surface area contributed by atoms with Crippen molar-refractivity contribution in [3.63, 3.8) is 0 Å². The number of ether oxygens (including phenoxy) is 2. The smallest absolute Gasteiger partial charge is 0.326 e. The standard InChI is InChI=1S/C22H24ClN3O4/c1-2-29-22(28)14-26-19-7-4-3-6-18(19)25-20(26)8-5-13-24-21(27)15-30-17-11-9-16(23)10-12-17/h3-4,6-7,9-12H,2,5,8,13-15H2,1H3,(H,24,27). The van der Waals surface area contributed by atoms with Crippen LogP contribution in [0.2, 0.25) is 5.02 Å². The van der Waals surface area contributed by atoms with Crippen LogP contribution in [0, 0.1) is 0 Å². The fourth-order valence-corrected chi connectivity index (χ4v) is 3.16. The van der Waals surface area contributed by atoms with E-state index in [1.165, 1.54) is 0 Å². The van der Waals surface area contributed by atoms with Crippen LogP contribution in [0.15, 0.2) is 48.5 Å². The zero-order valence-electron chi connectivity index (χ0n) is 16.8. The highest BCUT2D eigenvalue weighted by Gasteiger charge is 2.14. The average Bonchev–Trinajstić information content (AvgIpc) is 3.08. The third-order valence-electron chi connectivity index (χ3n) is 4.41. The minimum Gasteiger partial charge on any atom is -0.484 e. The van der Waals surface area contributed by atoms with Gasteiger partial charge in [0.1, 0.15) is 18.1 Å². The van der Waals surface area contributed by atoms with Crippen LogP contribution in [0.25, 0.3) is 11.0 Å². The molecule has 1 N–H and O–H groups in total. The molecule has 0 atom stereocenters. The fourth-order valence-electron chi connectivity index (χ4n) is 3.03. The lowest BCUT2D eigenvalue weighted by Crippen LogP contribution is -2.30. The number of fused-ring (bicyclic) bond motifs is 1. The highest BCUT2D eigenvalue weighted by atomic mass is 35.5. The number of nitrogens with zero attached hydrogens (tertiary/aromatic N) is 2. The molecule has 3 aromatic rings. The molecule has 0 aliphatic heterocycles. The Labute approximate surface area is 179 Å². The van der Waals surface area contributed by atoms with Crippen molar-refractivity contribution >= 4 is 34.5 Å². The Bertz CT molecular complexity index is 1000. The van der Waals surface area contributed by atoms with Crippen LogP contribution in [0.5, 0.6) is 5.75 Å². The van der Waals surface area contributed by atoms with Crippen LogP contribution < -0.4 is 10.1 Å². The second kappa shape index (κ2) is 10.6. The second-order valence-electron chi connectivity index (χ2n) is 6.60. The molecule has 1 heterocycles. The number of amides is 1. The van der Waals surface area contributed by atoms with Gasteiger partial charge >= 0.3 is 5.97 Å². The molecule has 30 heavy (non-hydrogen) atoms. The minimum absolute atomic E-state index is 0.0665. The van der Waals surface area contributed by atoms with Crippen molar-refractivity contribution < 1.29 is 19.1 Å². The molecule has 8 heteroatoms. The SMILES string of the molecule is CCOC(=O)Cn1c(CCCNC(=O)COc2ccc(Cl)cc2)nc2ccccc21. The van der Waals surface area contributed by atoms with Crippen molar-refractivity contribution in [1.82, 2.24) is 14.9 Å². The van der Waals surface area contributed by atoms with Gasteiger partial charge in [0.05, 0.1) is 17.6 Å². The van der Waals surface area contributed by atoms with Crippen molar-refractivity contribution in [3.8, 4) is 5.75 Å². The summed E-state index contributed by atoms with van der Waals surface area (Å²) >= 11 is 5.82. The van der Waals surface area contributed by atoms with Crippen molar-refractivity contribution in [2.75, 3.05) is 19.8 Å². The highest BCUT2D eigenvalue weighted by molar-refractivity contribution is 6.30. The van der Waals surface area contributed by atoms with E-state index in [0.29, 0.717) is 36.8 Å². The van der Waals surface area contributed by atoms with E-state index < -0.39 is 0 Å². The number of esters is 1. The summed E-state index contributed by atoms with van der Waals surface area (Å²) in [6, 6.07) is 14.5. The van der Waals surface area contributed by atoms with E-state index >= 15 is 0 Å². The fraction of sp³-hybridized carbons (Fsp3) is 0.318. The summed E-state index contributed by atoms with van der Waals surface area (Å²) < 4.78 is 12.4. The van der Waals surface area contributed by atoms with Crippen LogP contribution in [0.4, 0.5) is 0 Å². The van der Waals surface area contributed by atoms with E-state index in [0.717, 1.165) is 16.9 Å². The monoisotopic (exact) mass is 429 g/mol. The number of rotatable bonds is 10. The van der Waals surface area contributed by atoms with Gasteiger partial charge < -0.3 is 19.4 Å². The quantitative estimate of drug-likeness (QED) is 0.394. The van der Waals surface area contributed by atoms with E-state index in [9.17, 15) is 9.59 Å². The summed E-state index contributed by atoms with van der Waals surface area (Å²) in [5, 5.41) is 3.44. The molecular formula is C22H24ClN3O4. The Hall–Kier alpha value is -3.06. The Kier molecular flexibility index (Phi) is 7.68. The number of carbonyl (C=O) groups excluding carboxylic acids is 2. The summed E-state index contributed by atoms with van der Waals surface area (Å²) in [6.07, 6.45) is 1.30. The van der Waals surface area contributed by atoms with Crippen LogP contribution in [-0.4, -0.2) is 41.2 Å². The number of imidazole rings is 1. The summed E-state index contributed by atoms with van der Waals surface area (Å²) in [6.45, 7) is 2.65. The molecule has 0 aliphatic carbocycles. The molecular weight excluding hydrogens is 406 g/mol. The molecule has 1 aromatic heterocycles. The lowest BCUT2D eigenvalue weighted by atomic mass is 10.3. The topological polar surface area (TPSA) is 82.5 Å². The normalized spacial score (nSPS) is 10.7. The van der Waals surface area contributed by atoms with E-state index in [4.69, 9.17) is 21.1 Å². The first-order chi connectivity index (χ1) is 14.6. The molecule has 0 saturated carbocycles. The minimum atomic E-state index is -0.297. The van der Waals surface area contributed by atoms with Crippen LogP contribution in [-0.2, 0) is 27.3 Å². The van der Waals surface area contributed by atoms with E-state index in [1.54, 1.807) is 31.2 Å². The number of aromatic nitrogens is 2. The molecule has 0 spiro atoms. The summed E-state index contributed by atoms with van der Waals surface area (Å²) in [5.41, 5.74) is 1.72. The van der Waals surface area contributed by atoms with Gasteiger partial charge in [0, 0.05) is 18.0 Å². The molecule has 2 aromatic carbocycles. The van der Waals surface area contributed by atoms with Crippen molar-refractivity contribution in [3.05, 3.63) is 59.4 Å². The van der Waals surface area contributed by atoms with Gasteiger partial charge in [-0.1, -0.05) is 23.7 Å². The number of hydrogen-bond acceptors (Lipinski definition) is 5. The lowest BCUT2D eigenvalue weighted by Gasteiger charge is -2.10. The van der Waals surface area contributed by atoms with Crippen LogP contribution in [0.1, 0.15) is 19.2 Å². The summed E-state index contributed by atoms with van der Waals surface area (Å²) in [4.78, 5) is 28.6. The molecule has 0 bridgehead atoms. The Morgan fingerprint density at radius 3 is 2.67 bits per heavy atom. The molecule has 0 saturated heterocycles. The molecule has 0 aliphatic rings. The highest BCUT2D eigenvalue weighted by Crippen LogP contribution is 2.17. The Morgan fingerprint density at radius 1 is 1.13 bits per heavy atom. The number of para-hydroxylation sites is 2. The number of nitrogens with one attached hydrogen (secondary N) is 1. The van der Waals surface area contributed by atoms with Gasteiger partial charge in [0.2, 0.25) is 0 Å². The summed E-state index contributed by atoms with van der Waals surface area (Å²) in [7, 11) is 0. The molecule has 1 amide bonds. The number of benzene rings is 2. The maximum Gasteiger partial charge on any atom is 0.326 e. The third kappa shape index (κ3) is 5.97. The zero-order chi connectivity index (χ0) is 21.3. The molecule has 0 unspecified atom stereocenters. The average molecular weight is 430 g/mol. The zero-order valence-corrected chi connectivity index (χ0v) is 17.5. The number of carbonyl (C=O) groups is 2.